The third-order valence-corrected chi connectivity index (χ3v) is 6.43. The molecule has 2 aromatic heterocycles. The van der Waals surface area contributed by atoms with Gasteiger partial charge in [-0.15, -0.1) is 0 Å². The molecule has 0 radical (unpaired) electrons. The van der Waals surface area contributed by atoms with E-state index in [0.717, 1.165) is 33.8 Å². The lowest BCUT2D eigenvalue weighted by molar-refractivity contribution is 0.355. The molecule has 1 N–H and O–H groups in total. The molecule has 1 aliphatic heterocycles. The summed E-state index contributed by atoms with van der Waals surface area (Å²) in [5.74, 6) is 1.85. The zero-order chi connectivity index (χ0) is 25.4. The van der Waals surface area contributed by atoms with Crippen molar-refractivity contribution in [3.63, 3.8) is 0 Å². The normalized spacial score (nSPS) is 14.5. The first-order valence-corrected chi connectivity index (χ1v) is 11.9. The van der Waals surface area contributed by atoms with Gasteiger partial charge in [0.1, 0.15) is 6.04 Å². The fourth-order valence-corrected chi connectivity index (χ4v) is 4.50. The number of anilines is 1. The van der Waals surface area contributed by atoms with Gasteiger partial charge in [0, 0.05) is 23.0 Å². The van der Waals surface area contributed by atoms with Crippen molar-refractivity contribution in [3.8, 4) is 28.4 Å². The Morgan fingerprint density at radius 3 is 2.38 bits per heavy atom. The number of hydrogen-bond acceptors (Lipinski definition) is 7. The molecule has 37 heavy (non-hydrogen) atoms. The Morgan fingerprint density at radius 2 is 1.62 bits per heavy atom. The maximum Gasteiger partial charge on any atom is 0.248 e. The summed E-state index contributed by atoms with van der Waals surface area (Å²) in [6.07, 6.45) is 4.16. The summed E-state index contributed by atoms with van der Waals surface area (Å²) >= 11 is 0. The molecule has 184 valence electrons. The van der Waals surface area contributed by atoms with Crippen molar-refractivity contribution in [2.75, 3.05) is 19.5 Å². The van der Waals surface area contributed by atoms with E-state index in [2.05, 4.69) is 58.1 Å². The molecule has 0 fully saturated rings. The van der Waals surface area contributed by atoms with E-state index in [4.69, 9.17) is 14.6 Å². The van der Waals surface area contributed by atoms with Gasteiger partial charge >= 0.3 is 0 Å². The number of nitrogens with zero attached hydrogens (tertiary/aromatic N) is 6. The molecule has 1 unspecified atom stereocenters. The molecule has 9 nitrogen and oxygen atoms in total. The van der Waals surface area contributed by atoms with Crippen LogP contribution in [-0.2, 0) is 0 Å². The van der Waals surface area contributed by atoms with Gasteiger partial charge in [-0.05, 0) is 59.3 Å². The summed E-state index contributed by atoms with van der Waals surface area (Å²) in [4.78, 5) is 0. The molecule has 6 rings (SSSR count). The van der Waals surface area contributed by atoms with Crippen LogP contribution in [0.4, 0.5) is 5.95 Å². The molecular weight excluding hydrogens is 466 g/mol. The number of hydrogen-bond donors (Lipinski definition) is 1. The number of nitrogens with one attached hydrogen (secondary N) is 1. The van der Waals surface area contributed by atoms with Gasteiger partial charge in [0.05, 0.1) is 25.6 Å². The Hall–Kier alpha value is -4.92. The third-order valence-electron chi connectivity index (χ3n) is 6.43. The molecule has 1 atom stereocenters. The van der Waals surface area contributed by atoms with E-state index in [1.165, 1.54) is 5.56 Å². The third kappa shape index (κ3) is 4.10. The number of benzene rings is 3. The van der Waals surface area contributed by atoms with E-state index in [0.29, 0.717) is 17.4 Å². The second-order valence-corrected chi connectivity index (χ2v) is 8.75. The van der Waals surface area contributed by atoms with Crippen LogP contribution in [0.25, 0.3) is 22.6 Å². The Labute approximate surface area is 214 Å². The van der Waals surface area contributed by atoms with Gasteiger partial charge in [-0.25, -0.2) is 4.68 Å². The van der Waals surface area contributed by atoms with Crippen LogP contribution in [0.2, 0.25) is 0 Å². The lowest BCUT2D eigenvalue weighted by Gasteiger charge is -2.23. The standard InChI is InChI=1S/C28H25N7O2/c1-18-9-11-19(12-10-18)23-16-24(35-28(29-23)30-32-33-35)22-17-34(21-7-5-4-6-8-21)31-27(22)20-13-14-25(36-2)26(15-20)37-3/h4-17,24H,1-3H3,(H,29,30,33). The van der Waals surface area contributed by atoms with Crippen LogP contribution in [0.3, 0.4) is 0 Å². The SMILES string of the molecule is COc1ccc(-c2nn(-c3ccccc3)cc2C2C=C(c3ccc(C)cc3)Nc3nnnn32)cc1OC. The van der Waals surface area contributed by atoms with Crippen molar-refractivity contribution < 1.29 is 9.47 Å². The summed E-state index contributed by atoms with van der Waals surface area (Å²) in [6, 6.07) is 23.9. The van der Waals surface area contributed by atoms with Gasteiger partial charge in [-0.3, -0.25) is 0 Å². The molecule has 0 aliphatic carbocycles. The zero-order valence-electron chi connectivity index (χ0n) is 20.7. The number of tetrazole rings is 1. The monoisotopic (exact) mass is 491 g/mol. The minimum absolute atomic E-state index is 0.303. The van der Waals surface area contributed by atoms with Crippen molar-refractivity contribution in [2.24, 2.45) is 0 Å². The number of aryl methyl sites for hydroxylation is 1. The molecule has 0 saturated heterocycles. The second-order valence-electron chi connectivity index (χ2n) is 8.75. The minimum Gasteiger partial charge on any atom is -0.493 e. The Bertz CT molecular complexity index is 1590. The lowest BCUT2D eigenvalue weighted by Crippen LogP contribution is -2.20. The van der Waals surface area contributed by atoms with Gasteiger partial charge in [0.25, 0.3) is 0 Å². The van der Waals surface area contributed by atoms with Crippen LogP contribution in [0.15, 0.2) is 85.1 Å². The van der Waals surface area contributed by atoms with E-state index < -0.39 is 0 Å². The summed E-state index contributed by atoms with van der Waals surface area (Å²) in [5.41, 5.74) is 6.74. The van der Waals surface area contributed by atoms with Gasteiger partial charge in [-0.2, -0.15) is 9.78 Å². The van der Waals surface area contributed by atoms with E-state index in [1.54, 1.807) is 18.9 Å². The second kappa shape index (κ2) is 9.27. The van der Waals surface area contributed by atoms with Crippen LogP contribution in [0, 0.1) is 6.92 Å². The predicted octanol–water partition coefficient (Wildman–Crippen LogP) is 4.91. The van der Waals surface area contributed by atoms with Crippen LogP contribution in [-0.4, -0.2) is 44.2 Å². The van der Waals surface area contributed by atoms with E-state index >= 15 is 0 Å². The van der Waals surface area contributed by atoms with Crippen molar-refractivity contribution >= 4 is 11.6 Å². The number of para-hydroxylation sites is 1. The molecule has 0 amide bonds. The van der Waals surface area contributed by atoms with E-state index in [-0.39, 0.29) is 6.04 Å². The number of allylic oxidation sites excluding steroid dienone is 1. The highest BCUT2D eigenvalue weighted by atomic mass is 16.5. The molecule has 5 aromatic rings. The van der Waals surface area contributed by atoms with Crippen LogP contribution >= 0.6 is 0 Å². The molecule has 0 spiro atoms. The first-order chi connectivity index (χ1) is 18.1. The first kappa shape index (κ1) is 22.5. The van der Waals surface area contributed by atoms with Crippen LogP contribution < -0.4 is 14.8 Å². The van der Waals surface area contributed by atoms with E-state index in [9.17, 15) is 0 Å². The number of fused-ring (bicyclic) bond motifs is 1. The zero-order valence-corrected chi connectivity index (χ0v) is 20.7. The number of ether oxygens (including phenoxy) is 2. The van der Waals surface area contributed by atoms with Gasteiger partial charge in [0.15, 0.2) is 11.5 Å². The van der Waals surface area contributed by atoms with Crippen molar-refractivity contribution in [3.05, 3.63) is 102 Å². The average Bonchev–Trinajstić information content (AvgIpc) is 3.61. The smallest absolute Gasteiger partial charge is 0.248 e. The summed E-state index contributed by atoms with van der Waals surface area (Å²) in [7, 11) is 3.25. The highest BCUT2D eigenvalue weighted by Crippen LogP contribution is 2.39. The summed E-state index contributed by atoms with van der Waals surface area (Å²) in [6.45, 7) is 2.07. The van der Waals surface area contributed by atoms with Gasteiger partial charge < -0.3 is 14.8 Å². The molecule has 0 saturated carbocycles. The largest absolute Gasteiger partial charge is 0.493 e. The minimum atomic E-state index is -0.303. The number of methoxy groups -OCH3 is 2. The number of rotatable bonds is 6. The molecule has 3 aromatic carbocycles. The fraction of sp³-hybridized carbons (Fsp3) is 0.143. The Kier molecular flexibility index (Phi) is 5.65. The molecule has 0 bridgehead atoms. The quantitative estimate of drug-likeness (QED) is 0.361. The molecular formula is C28H25N7O2. The topological polar surface area (TPSA) is 91.9 Å². The lowest BCUT2D eigenvalue weighted by atomic mass is 9.98. The van der Waals surface area contributed by atoms with Gasteiger partial charge in [0.2, 0.25) is 5.95 Å². The van der Waals surface area contributed by atoms with Crippen LogP contribution in [0.1, 0.15) is 22.7 Å². The summed E-state index contributed by atoms with van der Waals surface area (Å²) in [5, 5.41) is 20.9. The highest BCUT2D eigenvalue weighted by molar-refractivity contribution is 5.78. The fourth-order valence-electron chi connectivity index (χ4n) is 4.50. The molecule has 9 heteroatoms. The summed E-state index contributed by atoms with van der Waals surface area (Å²) < 4.78 is 14.7. The Balaban J connectivity index is 1.54. The predicted molar refractivity (Wildman–Crippen MR) is 141 cm³/mol. The van der Waals surface area contributed by atoms with Crippen molar-refractivity contribution in [1.82, 2.24) is 30.0 Å². The van der Waals surface area contributed by atoms with E-state index in [1.807, 2.05) is 59.4 Å². The number of aromatic nitrogens is 6. The molecule has 3 heterocycles. The first-order valence-electron chi connectivity index (χ1n) is 11.9. The average molecular weight is 492 g/mol. The van der Waals surface area contributed by atoms with Gasteiger partial charge in [-0.1, -0.05) is 53.1 Å². The Morgan fingerprint density at radius 1 is 0.865 bits per heavy atom. The highest BCUT2D eigenvalue weighted by Gasteiger charge is 2.29. The maximum atomic E-state index is 5.58. The van der Waals surface area contributed by atoms with Crippen molar-refractivity contribution in [1.29, 1.82) is 0 Å². The maximum absolute atomic E-state index is 5.58. The van der Waals surface area contributed by atoms with Crippen molar-refractivity contribution in [2.45, 2.75) is 13.0 Å². The molecule has 1 aliphatic rings. The van der Waals surface area contributed by atoms with Crippen LogP contribution in [0.5, 0.6) is 11.5 Å².